The first-order valence-corrected chi connectivity index (χ1v) is 12.6. The highest BCUT2D eigenvalue weighted by molar-refractivity contribution is 6.06. The van der Waals surface area contributed by atoms with Gasteiger partial charge in [0.2, 0.25) is 0 Å². The van der Waals surface area contributed by atoms with Crippen LogP contribution in [0.15, 0.2) is 109 Å². The Labute approximate surface area is 238 Å². The molecule has 42 heavy (non-hydrogen) atoms. The number of halogens is 4. The highest BCUT2D eigenvalue weighted by Crippen LogP contribution is 2.29. The van der Waals surface area contributed by atoms with Crippen molar-refractivity contribution in [2.75, 3.05) is 0 Å². The van der Waals surface area contributed by atoms with E-state index in [-0.39, 0.29) is 17.7 Å². The van der Waals surface area contributed by atoms with Crippen LogP contribution in [0.3, 0.4) is 0 Å². The molecule has 0 fully saturated rings. The fourth-order valence-electron chi connectivity index (χ4n) is 4.02. The van der Waals surface area contributed by atoms with Crippen LogP contribution >= 0.6 is 0 Å². The van der Waals surface area contributed by atoms with Crippen molar-refractivity contribution in [1.29, 1.82) is 0 Å². The predicted octanol–water partition coefficient (Wildman–Crippen LogP) is 6.09. The summed E-state index contributed by atoms with van der Waals surface area (Å²) in [6.07, 6.45) is -3.45. The van der Waals surface area contributed by atoms with E-state index in [1.54, 1.807) is 24.3 Å². The maximum Gasteiger partial charge on any atom is 0.416 e. The number of nitrogens with one attached hydrogen (secondary N) is 2. The van der Waals surface area contributed by atoms with Crippen LogP contribution in [0.25, 0.3) is 17.2 Å². The van der Waals surface area contributed by atoms with Crippen molar-refractivity contribution >= 4 is 23.9 Å². The van der Waals surface area contributed by atoms with E-state index in [0.717, 1.165) is 47.5 Å². The summed E-state index contributed by atoms with van der Waals surface area (Å²) in [6, 6.07) is 23.5. The highest BCUT2D eigenvalue weighted by Gasteiger charge is 2.30. The first-order valence-electron chi connectivity index (χ1n) is 12.6. The average molecular weight is 577 g/mol. The van der Waals surface area contributed by atoms with Crippen LogP contribution in [-0.4, -0.2) is 28.9 Å². The number of carbonyl (C=O) groups excluding carboxylic acids is 2. The molecule has 6 nitrogen and oxygen atoms in total. The van der Waals surface area contributed by atoms with Crippen molar-refractivity contribution < 1.29 is 37.1 Å². The first kappa shape index (κ1) is 29.7. The number of hydrogen-bond acceptors (Lipinski definition) is 3. The lowest BCUT2D eigenvalue weighted by Crippen LogP contribution is -2.45. The maximum absolute atomic E-state index is 13.3. The molecule has 1 unspecified atom stereocenters. The summed E-state index contributed by atoms with van der Waals surface area (Å²) in [5.41, 5.74) is 1.33. The molecule has 2 amide bonds. The Morgan fingerprint density at radius 2 is 1.38 bits per heavy atom. The van der Waals surface area contributed by atoms with Crippen molar-refractivity contribution in [2.24, 2.45) is 0 Å². The summed E-state index contributed by atoms with van der Waals surface area (Å²) in [5, 5.41) is 14.5. The normalized spacial score (nSPS) is 12.3. The molecule has 0 aliphatic carbocycles. The zero-order chi connectivity index (χ0) is 30.3. The third kappa shape index (κ3) is 7.91. The number of carboxylic acids is 1. The average Bonchev–Trinajstić information content (AvgIpc) is 2.98. The first-order chi connectivity index (χ1) is 20.0. The molecule has 0 aliphatic heterocycles. The Bertz CT molecular complexity index is 1580. The minimum Gasteiger partial charge on any atom is -0.480 e. The topological polar surface area (TPSA) is 95.5 Å². The Morgan fingerprint density at radius 3 is 1.95 bits per heavy atom. The molecule has 0 saturated heterocycles. The van der Waals surface area contributed by atoms with E-state index in [0.29, 0.717) is 11.1 Å². The molecule has 4 rings (SSSR count). The Kier molecular flexibility index (Phi) is 9.16. The van der Waals surface area contributed by atoms with E-state index < -0.39 is 41.4 Å². The fourth-order valence-corrected chi connectivity index (χ4v) is 4.02. The molecule has 10 heteroatoms. The van der Waals surface area contributed by atoms with Crippen LogP contribution in [0.4, 0.5) is 17.6 Å². The van der Waals surface area contributed by atoms with Gasteiger partial charge in [0.15, 0.2) is 0 Å². The molecule has 3 N–H and O–H groups in total. The van der Waals surface area contributed by atoms with E-state index in [1.807, 2.05) is 30.3 Å². The molecule has 4 aromatic carbocycles. The number of rotatable bonds is 9. The van der Waals surface area contributed by atoms with E-state index in [4.69, 9.17) is 0 Å². The van der Waals surface area contributed by atoms with Gasteiger partial charge < -0.3 is 15.7 Å². The van der Waals surface area contributed by atoms with Gasteiger partial charge in [0, 0.05) is 12.0 Å². The summed E-state index contributed by atoms with van der Waals surface area (Å²) < 4.78 is 52.1. The molecule has 0 saturated carbocycles. The lowest BCUT2D eigenvalue weighted by atomic mass is 10.0. The zero-order valence-corrected chi connectivity index (χ0v) is 21.9. The highest BCUT2D eigenvalue weighted by atomic mass is 19.4. The Balaban J connectivity index is 1.61. The standard InChI is InChI=1S/C32H24F4N2O4/c33-26-16-8-21(9-17-26)19-28(31(41)42)38-30(40)27(37-29(39)24-12-14-25(15-13-24)32(34,35)36)18-20-6-10-23(11-7-20)22-4-2-1-3-5-22/h1-18,28H,19H2,(H,37,39)(H,38,40)(H,41,42)/b27-18+. The number of alkyl halides is 3. The number of carbonyl (C=O) groups is 3. The van der Waals surface area contributed by atoms with Crippen molar-refractivity contribution in [2.45, 2.75) is 18.6 Å². The van der Waals surface area contributed by atoms with Gasteiger partial charge in [0.1, 0.15) is 17.6 Å². The van der Waals surface area contributed by atoms with E-state index >= 15 is 0 Å². The minimum atomic E-state index is -4.60. The van der Waals surface area contributed by atoms with Gasteiger partial charge in [-0.2, -0.15) is 13.2 Å². The third-order valence-electron chi connectivity index (χ3n) is 6.25. The van der Waals surface area contributed by atoms with Gasteiger partial charge in [-0.15, -0.1) is 0 Å². The van der Waals surface area contributed by atoms with Gasteiger partial charge in [0.25, 0.3) is 11.8 Å². The number of benzene rings is 4. The SMILES string of the molecule is O=C(NC(Cc1ccc(F)cc1)C(=O)O)/C(=C\c1ccc(-c2ccccc2)cc1)NC(=O)c1ccc(C(F)(F)F)cc1. The molecule has 4 aromatic rings. The van der Waals surface area contributed by atoms with E-state index in [2.05, 4.69) is 10.6 Å². The summed E-state index contributed by atoms with van der Waals surface area (Å²) >= 11 is 0. The summed E-state index contributed by atoms with van der Waals surface area (Å²) in [5.74, 6) is -3.70. The van der Waals surface area contributed by atoms with Crippen LogP contribution < -0.4 is 10.6 Å². The van der Waals surface area contributed by atoms with Gasteiger partial charge in [-0.1, -0.05) is 66.7 Å². The maximum atomic E-state index is 13.3. The second-order valence-electron chi connectivity index (χ2n) is 9.27. The molecular weight excluding hydrogens is 552 g/mol. The molecule has 0 spiro atoms. The monoisotopic (exact) mass is 576 g/mol. The zero-order valence-electron chi connectivity index (χ0n) is 21.9. The molecule has 0 aromatic heterocycles. The lowest BCUT2D eigenvalue weighted by Gasteiger charge is -2.17. The van der Waals surface area contributed by atoms with Gasteiger partial charge >= 0.3 is 12.1 Å². The van der Waals surface area contributed by atoms with Crippen molar-refractivity contribution in [1.82, 2.24) is 10.6 Å². The Morgan fingerprint density at radius 1 is 0.786 bits per heavy atom. The number of carboxylic acid groups (broad SMARTS) is 1. The number of amides is 2. The number of hydrogen-bond donors (Lipinski definition) is 3. The summed E-state index contributed by atoms with van der Waals surface area (Å²) in [4.78, 5) is 38.1. The number of aliphatic carboxylic acids is 1. The van der Waals surface area contributed by atoms with Crippen LogP contribution in [0.2, 0.25) is 0 Å². The lowest BCUT2D eigenvalue weighted by molar-refractivity contribution is -0.141. The summed E-state index contributed by atoms with van der Waals surface area (Å²) in [7, 11) is 0. The quantitative estimate of drug-likeness (QED) is 0.166. The Hall–Kier alpha value is -5.25. The minimum absolute atomic E-state index is 0.151. The third-order valence-corrected chi connectivity index (χ3v) is 6.25. The van der Waals surface area contributed by atoms with Gasteiger partial charge in [-0.05, 0) is 64.7 Å². The van der Waals surface area contributed by atoms with E-state index in [9.17, 15) is 37.1 Å². The van der Waals surface area contributed by atoms with E-state index in [1.165, 1.54) is 18.2 Å². The largest absolute Gasteiger partial charge is 0.480 e. The van der Waals surface area contributed by atoms with Gasteiger partial charge in [-0.3, -0.25) is 9.59 Å². The van der Waals surface area contributed by atoms with Crippen molar-refractivity contribution in [3.8, 4) is 11.1 Å². The molecule has 0 bridgehead atoms. The molecule has 1 atom stereocenters. The van der Waals surface area contributed by atoms with Crippen molar-refractivity contribution in [3.05, 3.63) is 137 Å². The second kappa shape index (κ2) is 12.9. The fraction of sp³-hybridized carbons (Fsp3) is 0.0938. The second-order valence-corrected chi connectivity index (χ2v) is 9.27. The van der Waals surface area contributed by atoms with Crippen LogP contribution in [-0.2, 0) is 22.2 Å². The van der Waals surface area contributed by atoms with Crippen LogP contribution in [0, 0.1) is 5.82 Å². The van der Waals surface area contributed by atoms with Gasteiger partial charge in [-0.25, -0.2) is 9.18 Å². The molecule has 0 radical (unpaired) electrons. The molecule has 0 heterocycles. The summed E-state index contributed by atoms with van der Waals surface area (Å²) in [6.45, 7) is 0. The smallest absolute Gasteiger partial charge is 0.416 e. The van der Waals surface area contributed by atoms with Crippen LogP contribution in [0.1, 0.15) is 27.0 Å². The molecular formula is C32H24F4N2O4. The van der Waals surface area contributed by atoms with Crippen LogP contribution in [0.5, 0.6) is 0 Å². The van der Waals surface area contributed by atoms with Crippen molar-refractivity contribution in [3.63, 3.8) is 0 Å². The molecule has 0 aliphatic rings. The predicted molar refractivity (Wildman–Crippen MR) is 148 cm³/mol. The molecule has 214 valence electrons. The van der Waals surface area contributed by atoms with Gasteiger partial charge in [0.05, 0.1) is 5.56 Å².